The van der Waals surface area contributed by atoms with Gasteiger partial charge in [-0.25, -0.2) is 17.5 Å². The third-order valence-corrected chi connectivity index (χ3v) is 4.80. The Kier molecular flexibility index (Phi) is 7.44. The van der Waals surface area contributed by atoms with Crippen LogP contribution >= 0.6 is 11.9 Å². The average molecular weight is 396 g/mol. The smallest absolute Gasteiger partial charge is 0.255 e. The lowest BCUT2D eigenvalue weighted by Crippen LogP contribution is -2.18. The zero-order valence-corrected chi connectivity index (χ0v) is 15.7. The Hall–Kier alpha value is -2.32. The molecule has 0 atom stereocenters. The number of carbonyl (C=O) groups excluding carboxylic acids is 2. The van der Waals surface area contributed by atoms with E-state index in [1.165, 1.54) is 18.9 Å². The van der Waals surface area contributed by atoms with Gasteiger partial charge in [0, 0.05) is 47.8 Å². The molecule has 0 saturated carbocycles. The summed E-state index contributed by atoms with van der Waals surface area (Å²) in [6, 6.07) is 8.12. The standard InChI is InChI=1S/C19H19F3N2O2S/c1-3-24(8-7-12(2)25)27-15-6-4-5-13(9-15)19(26)23-14-10-16(20)18(22)17(21)11-14/h4-6,9-11H,3,7-8H2,1-2H3,(H,23,26). The van der Waals surface area contributed by atoms with Gasteiger partial charge >= 0.3 is 0 Å². The molecule has 0 spiro atoms. The lowest BCUT2D eigenvalue weighted by atomic mass is 10.2. The van der Waals surface area contributed by atoms with Crippen molar-refractivity contribution < 1.29 is 22.8 Å². The number of Topliss-reactive ketones (excluding diaryl/α,β-unsaturated/α-hetero) is 1. The molecule has 2 aromatic carbocycles. The summed E-state index contributed by atoms with van der Waals surface area (Å²) in [5.41, 5.74) is 0.110. The maximum Gasteiger partial charge on any atom is 0.255 e. The first-order chi connectivity index (χ1) is 12.8. The van der Waals surface area contributed by atoms with Crippen LogP contribution in [0.25, 0.3) is 0 Å². The fraction of sp³-hybridized carbons (Fsp3) is 0.263. The summed E-state index contributed by atoms with van der Waals surface area (Å²) < 4.78 is 41.5. The Morgan fingerprint density at radius 1 is 1.11 bits per heavy atom. The number of hydrogen-bond acceptors (Lipinski definition) is 4. The van der Waals surface area contributed by atoms with E-state index in [1.54, 1.807) is 18.2 Å². The van der Waals surface area contributed by atoms with Crippen LogP contribution in [0.2, 0.25) is 0 Å². The minimum atomic E-state index is -1.59. The predicted octanol–water partition coefficient (Wildman–Crippen LogP) is 4.66. The van der Waals surface area contributed by atoms with Crippen LogP contribution in [-0.2, 0) is 4.79 Å². The van der Waals surface area contributed by atoms with Gasteiger partial charge in [0.2, 0.25) is 0 Å². The van der Waals surface area contributed by atoms with Gasteiger partial charge < -0.3 is 5.32 Å². The van der Waals surface area contributed by atoms with Crippen molar-refractivity contribution in [3.05, 3.63) is 59.4 Å². The number of anilines is 1. The summed E-state index contributed by atoms with van der Waals surface area (Å²) in [6.07, 6.45) is 0.433. The topological polar surface area (TPSA) is 49.4 Å². The van der Waals surface area contributed by atoms with Crippen LogP contribution in [0.4, 0.5) is 18.9 Å². The highest BCUT2D eigenvalue weighted by Crippen LogP contribution is 2.24. The van der Waals surface area contributed by atoms with Crippen LogP contribution in [0.5, 0.6) is 0 Å². The molecule has 0 unspecified atom stereocenters. The van der Waals surface area contributed by atoms with Crippen LogP contribution in [0.3, 0.4) is 0 Å². The highest BCUT2D eigenvalue weighted by Gasteiger charge is 2.14. The number of nitrogens with one attached hydrogen (secondary N) is 1. The van der Waals surface area contributed by atoms with E-state index in [0.717, 1.165) is 17.0 Å². The Morgan fingerprint density at radius 3 is 2.37 bits per heavy atom. The molecule has 0 fully saturated rings. The molecule has 2 rings (SSSR count). The number of amides is 1. The molecule has 2 aromatic rings. The van der Waals surface area contributed by atoms with Crippen LogP contribution < -0.4 is 5.32 Å². The normalized spacial score (nSPS) is 10.9. The largest absolute Gasteiger partial charge is 0.322 e. The van der Waals surface area contributed by atoms with Gasteiger partial charge in [-0.05, 0) is 37.1 Å². The zero-order chi connectivity index (χ0) is 20.0. The lowest BCUT2D eigenvalue weighted by molar-refractivity contribution is -0.117. The molecule has 0 heterocycles. The molecule has 1 N–H and O–H groups in total. The molecule has 0 aliphatic rings. The molecule has 4 nitrogen and oxygen atoms in total. The van der Waals surface area contributed by atoms with Gasteiger partial charge in [-0.2, -0.15) is 0 Å². The molecule has 0 radical (unpaired) electrons. The van der Waals surface area contributed by atoms with Crippen molar-refractivity contribution in [2.45, 2.75) is 25.2 Å². The molecule has 0 saturated heterocycles. The second-order valence-electron chi connectivity index (χ2n) is 5.80. The lowest BCUT2D eigenvalue weighted by Gasteiger charge is -2.18. The van der Waals surface area contributed by atoms with Crippen LogP contribution in [-0.4, -0.2) is 29.1 Å². The summed E-state index contributed by atoms with van der Waals surface area (Å²) >= 11 is 1.41. The summed E-state index contributed by atoms with van der Waals surface area (Å²) in [5, 5.41) is 2.35. The van der Waals surface area contributed by atoms with Crippen molar-refractivity contribution in [1.29, 1.82) is 0 Å². The average Bonchev–Trinajstić information content (AvgIpc) is 2.63. The minimum absolute atomic E-state index is 0.0981. The fourth-order valence-corrected chi connectivity index (χ4v) is 3.15. The Balaban J connectivity index is 2.09. The first-order valence-electron chi connectivity index (χ1n) is 8.28. The van der Waals surface area contributed by atoms with E-state index in [0.29, 0.717) is 19.5 Å². The highest BCUT2D eigenvalue weighted by molar-refractivity contribution is 7.97. The molecule has 144 valence electrons. The molecule has 0 bridgehead atoms. The van der Waals surface area contributed by atoms with Gasteiger partial charge in [-0.1, -0.05) is 13.0 Å². The second kappa shape index (κ2) is 9.57. The van der Waals surface area contributed by atoms with Crippen LogP contribution in [0, 0.1) is 17.5 Å². The molecular formula is C19H19F3N2O2S. The van der Waals surface area contributed by atoms with Gasteiger partial charge in [-0.3, -0.25) is 9.59 Å². The van der Waals surface area contributed by atoms with E-state index in [9.17, 15) is 22.8 Å². The predicted molar refractivity (Wildman–Crippen MR) is 99.1 cm³/mol. The van der Waals surface area contributed by atoms with Crippen molar-refractivity contribution in [1.82, 2.24) is 4.31 Å². The van der Waals surface area contributed by atoms with E-state index in [-0.39, 0.29) is 17.0 Å². The number of benzene rings is 2. The first kappa shape index (κ1) is 21.0. The highest BCUT2D eigenvalue weighted by atomic mass is 32.2. The molecule has 0 aliphatic heterocycles. The van der Waals surface area contributed by atoms with Gasteiger partial charge in [-0.15, -0.1) is 0 Å². The van der Waals surface area contributed by atoms with Crippen LogP contribution in [0.15, 0.2) is 41.3 Å². The van der Waals surface area contributed by atoms with Crippen molar-refractivity contribution in [3.63, 3.8) is 0 Å². The van der Waals surface area contributed by atoms with E-state index >= 15 is 0 Å². The van der Waals surface area contributed by atoms with Crippen molar-refractivity contribution in [3.8, 4) is 0 Å². The number of carbonyl (C=O) groups is 2. The van der Waals surface area contributed by atoms with E-state index in [1.807, 2.05) is 17.3 Å². The Morgan fingerprint density at radius 2 is 1.78 bits per heavy atom. The van der Waals surface area contributed by atoms with Gasteiger partial charge in [0.25, 0.3) is 5.91 Å². The summed E-state index contributed by atoms with van der Waals surface area (Å²) in [5.74, 6) is -4.82. The molecule has 0 aromatic heterocycles. The monoisotopic (exact) mass is 396 g/mol. The van der Waals surface area contributed by atoms with E-state index < -0.39 is 23.4 Å². The van der Waals surface area contributed by atoms with Crippen molar-refractivity contribution >= 4 is 29.3 Å². The Labute approximate surface area is 159 Å². The summed E-state index contributed by atoms with van der Waals surface area (Å²) in [7, 11) is 0. The molecule has 0 aliphatic carbocycles. The maximum atomic E-state index is 13.3. The van der Waals surface area contributed by atoms with E-state index in [4.69, 9.17) is 0 Å². The molecule has 27 heavy (non-hydrogen) atoms. The van der Waals surface area contributed by atoms with Crippen LogP contribution in [0.1, 0.15) is 30.6 Å². The number of rotatable bonds is 8. The maximum absolute atomic E-state index is 13.3. The number of nitrogens with zero attached hydrogens (tertiary/aromatic N) is 1. The zero-order valence-electron chi connectivity index (χ0n) is 14.9. The summed E-state index contributed by atoms with van der Waals surface area (Å²) in [4.78, 5) is 24.2. The quantitative estimate of drug-likeness (QED) is 0.521. The van der Waals surface area contributed by atoms with Crippen molar-refractivity contribution in [2.75, 3.05) is 18.4 Å². The van der Waals surface area contributed by atoms with Gasteiger partial charge in [0.1, 0.15) is 5.78 Å². The fourth-order valence-electron chi connectivity index (χ4n) is 2.22. The number of hydrogen-bond donors (Lipinski definition) is 1. The summed E-state index contributed by atoms with van der Waals surface area (Å²) in [6.45, 7) is 4.79. The third kappa shape index (κ3) is 6.11. The molecular weight excluding hydrogens is 377 g/mol. The molecule has 1 amide bonds. The van der Waals surface area contributed by atoms with Crippen molar-refractivity contribution in [2.24, 2.45) is 0 Å². The number of ketones is 1. The third-order valence-electron chi connectivity index (χ3n) is 3.64. The number of halogens is 3. The minimum Gasteiger partial charge on any atom is -0.322 e. The van der Waals surface area contributed by atoms with Gasteiger partial charge in [0.05, 0.1) is 0 Å². The Bertz CT molecular complexity index is 822. The van der Waals surface area contributed by atoms with E-state index in [2.05, 4.69) is 5.32 Å². The first-order valence-corrected chi connectivity index (χ1v) is 9.05. The molecule has 8 heteroatoms. The second-order valence-corrected chi connectivity index (χ2v) is 6.97. The SMILES string of the molecule is CCN(CCC(C)=O)Sc1cccc(C(=O)Nc2cc(F)c(F)c(F)c2)c1. The van der Waals surface area contributed by atoms with Gasteiger partial charge in [0.15, 0.2) is 17.5 Å².